The molecule has 0 fully saturated rings. The highest BCUT2D eigenvalue weighted by atomic mass is 32.3. The number of carbonyl (C=O) groups is 1. The van der Waals surface area contributed by atoms with Crippen LogP contribution >= 0.6 is 0 Å². The Hall–Kier alpha value is -0.970. The van der Waals surface area contributed by atoms with Crippen molar-refractivity contribution in [3.8, 4) is 0 Å². The summed E-state index contributed by atoms with van der Waals surface area (Å²) >= 11 is 0. The van der Waals surface area contributed by atoms with Gasteiger partial charge in [0.15, 0.2) is 0 Å². The quantitative estimate of drug-likeness (QED) is 0.428. The van der Waals surface area contributed by atoms with Crippen LogP contribution in [0, 0.1) is 0 Å². The summed E-state index contributed by atoms with van der Waals surface area (Å²) in [5.41, 5.74) is -1.20. The molecule has 0 unspecified atom stereocenters. The second-order valence-electron chi connectivity index (χ2n) is 2.17. The molecule has 0 radical (unpaired) electrons. The zero-order chi connectivity index (χ0) is 11.7. The lowest BCUT2D eigenvalue weighted by Gasteiger charge is -2.01. The van der Waals surface area contributed by atoms with Crippen LogP contribution < -0.4 is 0 Å². The van der Waals surface area contributed by atoms with Gasteiger partial charge in [-0.05, 0) is 6.92 Å². The summed E-state index contributed by atoms with van der Waals surface area (Å²) in [5.74, 6) is -1.89. The van der Waals surface area contributed by atoms with Crippen LogP contribution in [0.1, 0.15) is 6.92 Å². The van der Waals surface area contributed by atoms with Gasteiger partial charge >= 0.3 is 26.2 Å². The van der Waals surface area contributed by atoms with E-state index < -0.39 is 36.0 Å². The Kier molecular flexibility index (Phi) is 3.40. The predicted molar refractivity (Wildman–Crippen MR) is 43.4 cm³/mol. The van der Waals surface area contributed by atoms with Gasteiger partial charge in [-0.1, -0.05) is 0 Å². The van der Waals surface area contributed by atoms with E-state index in [1.54, 1.807) is 0 Å². The van der Waals surface area contributed by atoms with Gasteiger partial charge in [-0.3, -0.25) is 9.11 Å². The first-order valence-corrected chi connectivity index (χ1v) is 5.75. The molecule has 0 amide bonds. The van der Waals surface area contributed by atoms with E-state index in [0.717, 1.165) is 0 Å². The van der Waals surface area contributed by atoms with Crippen LogP contribution in [0.5, 0.6) is 0 Å². The van der Waals surface area contributed by atoms with Crippen LogP contribution in [-0.4, -0.2) is 37.0 Å². The van der Waals surface area contributed by atoms with Crippen molar-refractivity contribution < 1.29 is 35.8 Å². The molecule has 0 heterocycles. The highest BCUT2D eigenvalue weighted by molar-refractivity contribution is 8.09. The minimum Gasteiger partial charge on any atom is -0.478 e. The molecule has 0 aliphatic rings. The predicted octanol–water partition coefficient (Wildman–Crippen LogP) is -0.922. The fourth-order valence-electron chi connectivity index (χ4n) is 0.607. The summed E-state index contributed by atoms with van der Waals surface area (Å²) in [6.07, 6.45) is 0. The molecule has 10 heteroatoms. The minimum absolute atomic E-state index is 0.610. The fourth-order valence-corrected chi connectivity index (χ4v) is 2.62. The summed E-state index contributed by atoms with van der Waals surface area (Å²) in [6, 6.07) is 0. The molecule has 0 aromatic heterocycles. The van der Waals surface area contributed by atoms with E-state index in [1.165, 1.54) is 0 Å². The lowest BCUT2D eigenvalue weighted by Crippen LogP contribution is -2.17. The van der Waals surface area contributed by atoms with Crippen LogP contribution in [0.25, 0.3) is 0 Å². The van der Waals surface area contributed by atoms with E-state index >= 15 is 0 Å². The van der Waals surface area contributed by atoms with E-state index in [0.29, 0.717) is 6.92 Å². The fraction of sp³-hybridized carbons (Fsp3) is 0.250. The van der Waals surface area contributed by atoms with Crippen molar-refractivity contribution in [3.05, 3.63) is 9.81 Å². The molecular weight excluding hydrogens is 240 g/mol. The summed E-state index contributed by atoms with van der Waals surface area (Å²) in [5, 5.41) is 8.27. The van der Waals surface area contributed by atoms with Crippen molar-refractivity contribution in [2.24, 2.45) is 0 Å². The molecule has 82 valence electrons. The summed E-state index contributed by atoms with van der Waals surface area (Å²) in [4.78, 5) is 10.2. The molecule has 0 spiro atoms. The van der Waals surface area contributed by atoms with Crippen molar-refractivity contribution in [1.82, 2.24) is 0 Å². The minimum atomic E-state index is -5.31. The number of hydrogen-bond donors (Lipinski definition) is 3. The van der Waals surface area contributed by atoms with E-state index in [1.807, 2.05) is 0 Å². The molecule has 3 N–H and O–H groups in total. The normalized spacial score (nSPS) is 12.2. The molecule has 0 rings (SSSR count). The SMILES string of the molecule is CC(C(=O)O)=C(S(=O)(=O)O)S(=O)(=O)O. The van der Waals surface area contributed by atoms with Crippen LogP contribution in [0.4, 0.5) is 0 Å². The summed E-state index contributed by atoms with van der Waals surface area (Å²) in [6.45, 7) is 0.610. The van der Waals surface area contributed by atoms with Crippen LogP contribution in [0.2, 0.25) is 0 Å². The van der Waals surface area contributed by atoms with Crippen molar-refractivity contribution in [1.29, 1.82) is 0 Å². The Labute approximate surface area is 79.4 Å². The molecule has 0 aliphatic heterocycles. The topological polar surface area (TPSA) is 146 Å². The van der Waals surface area contributed by atoms with Gasteiger partial charge in [0.25, 0.3) is 0 Å². The molecule has 0 atom stereocenters. The van der Waals surface area contributed by atoms with E-state index in [-0.39, 0.29) is 0 Å². The third kappa shape index (κ3) is 3.06. The number of carboxylic acid groups (broad SMARTS) is 1. The average molecular weight is 246 g/mol. The lowest BCUT2D eigenvalue weighted by molar-refractivity contribution is -0.132. The van der Waals surface area contributed by atoms with Gasteiger partial charge in [0.05, 0.1) is 5.57 Å². The molecule has 0 saturated heterocycles. The molecule has 8 nitrogen and oxygen atoms in total. The second-order valence-corrected chi connectivity index (χ2v) is 5.14. The zero-order valence-corrected chi connectivity index (χ0v) is 8.33. The lowest BCUT2D eigenvalue weighted by atomic mass is 10.4. The number of rotatable bonds is 3. The number of carboxylic acids is 1. The molecule has 0 aliphatic carbocycles. The van der Waals surface area contributed by atoms with Crippen molar-refractivity contribution >= 4 is 26.2 Å². The first-order chi connectivity index (χ1) is 5.98. The van der Waals surface area contributed by atoms with Gasteiger partial charge in [0.1, 0.15) is 0 Å². The Morgan fingerprint density at radius 3 is 1.36 bits per heavy atom. The standard InChI is InChI=1S/C4H6O8S2/c1-2(3(5)6)4(13(7,8)9)14(10,11)12/h1H3,(H,5,6)(H,7,8,9)(H,10,11,12). The van der Waals surface area contributed by atoms with Crippen molar-refractivity contribution in [3.63, 3.8) is 0 Å². The van der Waals surface area contributed by atoms with Gasteiger partial charge in [0.2, 0.25) is 4.24 Å². The van der Waals surface area contributed by atoms with Gasteiger partial charge in [-0.15, -0.1) is 0 Å². The third-order valence-electron chi connectivity index (χ3n) is 1.10. The summed E-state index contributed by atoms with van der Waals surface area (Å²) in [7, 11) is -10.6. The van der Waals surface area contributed by atoms with Crippen LogP contribution in [0.3, 0.4) is 0 Å². The maximum atomic E-state index is 10.4. The maximum absolute atomic E-state index is 10.4. The van der Waals surface area contributed by atoms with Gasteiger partial charge in [-0.25, -0.2) is 4.79 Å². The Morgan fingerprint density at radius 2 is 1.29 bits per heavy atom. The first-order valence-electron chi connectivity index (χ1n) is 2.87. The molecule has 0 aromatic rings. The highest BCUT2D eigenvalue weighted by Gasteiger charge is 2.32. The molecule has 0 saturated carbocycles. The molecule has 0 bridgehead atoms. The van der Waals surface area contributed by atoms with Crippen LogP contribution in [-0.2, 0) is 25.0 Å². The third-order valence-corrected chi connectivity index (χ3v) is 3.91. The van der Waals surface area contributed by atoms with Gasteiger partial charge in [-0.2, -0.15) is 16.8 Å². The summed E-state index contributed by atoms with van der Waals surface area (Å²) < 4.78 is 56.4. The average Bonchev–Trinajstić information content (AvgIpc) is 1.79. The van der Waals surface area contributed by atoms with Crippen LogP contribution in [0.15, 0.2) is 9.81 Å². The zero-order valence-electron chi connectivity index (χ0n) is 6.70. The highest BCUT2D eigenvalue weighted by Crippen LogP contribution is 2.17. The first kappa shape index (κ1) is 13.0. The van der Waals surface area contributed by atoms with E-state index in [9.17, 15) is 21.6 Å². The van der Waals surface area contributed by atoms with Gasteiger partial charge in [0, 0.05) is 0 Å². The largest absolute Gasteiger partial charge is 0.478 e. The Morgan fingerprint density at radius 1 is 1.00 bits per heavy atom. The molecule has 0 aromatic carbocycles. The molecule has 14 heavy (non-hydrogen) atoms. The van der Waals surface area contributed by atoms with Crippen molar-refractivity contribution in [2.45, 2.75) is 6.92 Å². The Balaban J connectivity index is 6.13. The Bertz CT molecular complexity index is 443. The number of hydrogen-bond acceptors (Lipinski definition) is 5. The van der Waals surface area contributed by atoms with E-state index in [4.69, 9.17) is 14.2 Å². The van der Waals surface area contributed by atoms with Gasteiger partial charge < -0.3 is 5.11 Å². The number of aliphatic carboxylic acids is 1. The maximum Gasteiger partial charge on any atom is 0.333 e. The monoisotopic (exact) mass is 246 g/mol. The second kappa shape index (κ2) is 3.65. The van der Waals surface area contributed by atoms with E-state index in [2.05, 4.69) is 0 Å². The van der Waals surface area contributed by atoms with Crippen molar-refractivity contribution in [2.75, 3.05) is 0 Å². The molecular formula is C4H6O8S2. The smallest absolute Gasteiger partial charge is 0.333 e.